The molecule has 2 heterocycles. The van der Waals surface area contributed by atoms with Gasteiger partial charge in [-0.05, 0) is 79.7 Å². The smallest absolute Gasteiger partial charge is 0.319 e. The molecule has 2 aromatic carbocycles. The van der Waals surface area contributed by atoms with Crippen LogP contribution in [0.5, 0.6) is 11.6 Å². The van der Waals surface area contributed by atoms with E-state index >= 15 is 0 Å². The number of hydrogen-bond acceptors (Lipinski definition) is 7. The van der Waals surface area contributed by atoms with E-state index in [1.54, 1.807) is 36.5 Å². The van der Waals surface area contributed by atoms with Crippen molar-refractivity contribution in [3.63, 3.8) is 0 Å². The van der Waals surface area contributed by atoms with E-state index in [4.69, 9.17) is 10.5 Å². The average molecular weight is 695 g/mol. The fourth-order valence-corrected chi connectivity index (χ4v) is 6.02. The Labute approximate surface area is 280 Å². The Morgan fingerprint density at radius 2 is 1.79 bits per heavy atom. The molecule has 1 saturated heterocycles. The summed E-state index contributed by atoms with van der Waals surface area (Å²) < 4.78 is 59.4. The van der Waals surface area contributed by atoms with E-state index in [1.807, 2.05) is 6.07 Å². The lowest BCUT2D eigenvalue weighted by Crippen LogP contribution is -2.46. The number of halogens is 3. The van der Waals surface area contributed by atoms with Gasteiger partial charge in [0.2, 0.25) is 21.8 Å². The van der Waals surface area contributed by atoms with Crippen LogP contribution in [0.1, 0.15) is 50.2 Å². The number of ether oxygens (including phenoxy) is 1. The minimum Gasteiger partial charge on any atom is -0.439 e. The Balaban J connectivity index is 0.00000600. The van der Waals surface area contributed by atoms with Gasteiger partial charge in [0.05, 0.1) is 18.4 Å². The number of benzene rings is 2. The van der Waals surface area contributed by atoms with Gasteiger partial charge in [0.15, 0.2) is 0 Å². The van der Waals surface area contributed by atoms with Gasteiger partial charge in [0.25, 0.3) is 0 Å². The molecule has 5 N–H and O–H groups in total. The van der Waals surface area contributed by atoms with Crippen molar-refractivity contribution in [2.75, 3.05) is 29.4 Å². The second-order valence-corrected chi connectivity index (χ2v) is 13.3. The van der Waals surface area contributed by atoms with Crippen molar-refractivity contribution >= 4 is 45.7 Å². The number of unbranched alkanes of at least 4 members (excludes halogenated alkanes) is 1. The Hall–Kier alpha value is -4.01. The first-order valence-electron chi connectivity index (χ1n) is 15.1. The highest BCUT2D eigenvalue weighted by molar-refractivity contribution is 7.92. The molecule has 1 aliphatic heterocycles. The maximum Gasteiger partial charge on any atom is 0.319 e. The van der Waals surface area contributed by atoms with E-state index in [2.05, 4.69) is 32.2 Å². The molecular weight excluding hydrogens is 654 g/mol. The molecule has 3 amide bonds. The normalized spacial score (nSPS) is 14.5. The van der Waals surface area contributed by atoms with Crippen LogP contribution in [0, 0.1) is 17.6 Å². The number of carbonyl (C=O) groups excluding carboxylic acids is 2. The summed E-state index contributed by atoms with van der Waals surface area (Å²) in [6.45, 7) is 4.43. The van der Waals surface area contributed by atoms with Gasteiger partial charge in [-0.2, -0.15) is 0 Å². The number of carbonyl (C=O) groups is 2. The highest BCUT2D eigenvalue weighted by atomic mass is 35.5. The quantitative estimate of drug-likeness (QED) is 0.172. The van der Waals surface area contributed by atoms with E-state index < -0.39 is 40.0 Å². The maximum atomic E-state index is 14.4. The Morgan fingerprint density at radius 1 is 1.09 bits per heavy atom. The summed E-state index contributed by atoms with van der Waals surface area (Å²) >= 11 is 0. The first-order valence-corrected chi connectivity index (χ1v) is 17.0. The van der Waals surface area contributed by atoms with Crippen LogP contribution in [0.2, 0.25) is 0 Å². The third kappa shape index (κ3) is 11.9. The first-order chi connectivity index (χ1) is 21.9. The van der Waals surface area contributed by atoms with Crippen LogP contribution in [0.25, 0.3) is 0 Å². The van der Waals surface area contributed by atoms with Gasteiger partial charge in [-0.3, -0.25) is 14.4 Å². The van der Waals surface area contributed by atoms with Crippen molar-refractivity contribution in [2.24, 2.45) is 11.7 Å². The fraction of sp³-hybridized carbons (Fsp3) is 0.406. The molecule has 0 saturated carbocycles. The topological polar surface area (TPSA) is 156 Å². The number of anilines is 2. The Bertz CT molecular complexity index is 1610. The number of nitrogens with zero attached hydrogens (tertiary/aromatic N) is 2. The van der Waals surface area contributed by atoms with Crippen molar-refractivity contribution < 1.29 is 31.5 Å². The molecule has 1 unspecified atom stereocenters. The monoisotopic (exact) mass is 694 g/mol. The molecule has 1 aliphatic rings. The summed E-state index contributed by atoms with van der Waals surface area (Å²) in [4.78, 5) is 30.9. The summed E-state index contributed by atoms with van der Waals surface area (Å²) in [6.07, 6.45) is 6.82. The van der Waals surface area contributed by atoms with Gasteiger partial charge in [-0.15, -0.1) is 12.4 Å². The number of rotatable bonds is 14. The summed E-state index contributed by atoms with van der Waals surface area (Å²) in [7, 11) is -3.36. The van der Waals surface area contributed by atoms with Gasteiger partial charge in [0.1, 0.15) is 17.4 Å². The molecule has 4 rings (SSSR count). The number of aromatic nitrogens is 1. The number of amides is 3. The van der Waals surface area contributed by atoms with Crippen LogP contribution in [0.3, 0.4) is 0 Å². The van der Waals surface area contributed by atoms with Crippen LogP contribution < -0.4 is 25.8 Å². The SMILES string of the molecule is CCCCC(NC(=O)Nc1cc(CC(N)=O)c(F)cc1F)C1CCN(Cc2ccc(Oc3ccc(NS(C)(=O)=O)cc3)nc2)CC1.Cl. The number of pyridine rings is 1. The molecule has 1 fully saturated rings. The Kier molecular flexibility index (Phi) is 13.7. The lowest BCUT2D eigenvalue weighted by atomic mass is 9.86. The molecule has 0 radical (unpaired) electrons. The summed E-state index contributed by atoms with van der Waals surface area (Å²) in [6, 6.07) is 11.3. The molecule has 0 aliphatic carbocycles. The molecule has 1 atom stereocenters. The molecule has 0 spiro atoms. The van der Waals surface area contributed by atoms with Crippen molar-refractivity contribution in [3.8, 4) is 11.6 Å². The molecule has 0 bridgehead atoms. The number of nitrogens with one attached hydrogen (secondary N) is 3. The number of likely N-dealkylation sites (tertiary alicyclic amines) is 1. The first kappa shape index (κ1) is 37.4. The van der Waals surface area contributed by atoms with Crippen molar-refractivity contribution in [2.45, 2.75) is 58.0 Å². The number of piperidine rings is 1. The number of nitrogens with two attached hydrogens (primary N) is 1. The Morgan fingerprint density at radius 3 is 2.38 bits per heavy atom. The number of urea groups is 1. The number of hydrogen-bond donors (Lipinski definition) is 4. The van der Waals surface area contributed by atoms with Crippen LogP contribution in [0.15, 0.2) is 54.7 Å². The minimum atomic E-state index is -3.36. The molecule has 15 heteroatoms. The van der Waals surface area contributed by atoms with Crippen molar-refractivity contribution in [3.05, 3.63) is 77.5 Å². The molecule has 1 aromatic heterocycles. The minimum absolute atomic E-state index is 0. The van der Waals surface area contributed by atoms with E-state index in [-0.39, 0.29) is 35.6 Å². The van der Waals surface area contributed by atoms with Gasteiger partial charge < -0.3 is 21.1 Å². The predicted octanol–water partition coefficient (Wildman–Crippen LogP) is 5.57. The highest BCUT2D eigenvalue weighted by Crippen LogP contribution is 2.27. The predicted molar refractivity (Wildman–Crippen MR) is 179 cm³/mol. The van der Waals surface area contributed by atoms with E-state index in [0.717, 1.165) is 63.1 Å². The fourth-order valence-electron chi connectivity index (χ4n) is 5.45. The van der Waals surface area contributed by atoms with E-state index in [9.17, 15) is 26.8 Å². The molecule has 3 aromatic rings. The highest BCUT2D eigenvalue weighted by Gasteiger charge is 2.28. The lowest BCUT2D eigenvalue weighted by Gasteiger charge is -2.36. The zero-order chi connectivity index (χ0) is 33.3. The van der Waals surface area contributed by atoms with Crippen LogP contribution in [0.4, 0.5) is 25.0 Å². The largest absolute Gasteiger partial charge is 0.439 e. The lowest BCUT2D eigenvalue weighted by molar-refractivity contribution is -0.117. The van der Waals surface area contributed by atoms with E-state index in [0.29, 0.717) is 29.9 Å². The zero-order valence-electron chi connectivity index (χ0n) is 26.3. The second-order valence-electron chi connectivity index (χ2n) is 11.5. The van der Waals surface area contributed by atoms with Crippen LogP contribution in [-0.2, 0) is 27.8 Å². The number of primary amides is 1. The zero-order valence-corrected chi connectivity index (χ0v) is 27.9. The average Bonchev–Trinajstić information content (AvgIpc) is 2.99. The second kappa shape index (κ2) is 17.2. The standard InChI is InChI=1S/C32H40F2N6O5S.ClH/c1-3-4-5-28(37-32(42)38-29-16-23(17-30(35)41)26(33)18-27(29)34)22-12-14-40(15-13-22)20-21-6-11-31(36-19-21)45-25-9-7-24(8-10-25)39-46(2,43)44;/h6-11,16,18-19,22,28,39H,3-5,12-15,17,20H2,1-2H3,(H2,35,41)(H2,37,38,42);1H. The van der Waals surface area contributed by atoms with Gasteiger partial charge >= 0.3 is 6.03 Å². The molecule has 11 nitrogen and oxygen atoms in total. The van der Waals surface area contributed by atoms with Crippen molar-refractivity contribution in [1.29, 1.82) is 0 Å². The molecule has 47 heavy (non-hydrogen) atoms. The summed E-state index contributed by atoms with van der Waals surface area (Å²) in [5.41, 5.74) is 6.31. The molecule has 256 valence electrons. The molecular formula is C32H41ClF2N6O5S. The van der Waals surface area contributed by atoms with E-state index in [1.165, 1.54) is 0 Å². The maximum absolute atomic E-state index is 14.4. The third-order valence-electron chi connectivity index (χ3n) is 7.72. The van der Waals surface area contributed by atoms with Gasteiger partial charge in [-0.25, -0.2) is 27.0 Å². The number of sulfonamides is 1. The summed E-state index contributed by atoms with van der Waals surface area (Å²) in [5, 5.41) is 5.47. The summed E-state index contributed by atoms with van der Waals surface area (Å²) in [5.74, 6) is -1.43. The van der Waals surface area contributed by atoms with Gasteiger partial charge in [0, 0.05) is 36.6 Å². The van der Waals surface area contributed by atoms with Gasteiger partial charge in [-0.1, -0.05) is 25.8 Å². The third-order valence-corrected chi connectivity index (χ3v) is 8.33. The van der Waals surface area contributed by atoms with Crippen molar-refractivity contribution in [1.82, 2.24) is 15.2 Å². The van der Waals surface area contributed by atoms with Crippen LogP contribution >= 0.6 is 12.4 Å². The van der Waals surface area contributed by atoms with Crippen LogP contribution in [-0.4, -0.2) is 55.6 Å².